The first-order valence-electron chi connectivity index (χ1n) is 5.01. The summed E-state index contributed by atoms with van der Waals surface area (Å²) in [4.78, 5) is 10.9. The Morgan fingerprint density at radius 1 is 1.58 bits per heavy atom. The van der Waals surface area contributed by atoms with Crippen molar-refractivity contribution in [1.29, 1.82) is 0 Å². The molecule has 5 nitrogen and oxygen atoms in total. The summed E-state index contributed by atoms with van der Waals surface area (Å²) in [6.45, 7) is 3.57. The van der Waals surface area contributed by atoms with Gasteiger partial charge in [0, 0.05) is 18.1 Å². The molecule has 1 aromatic carbocycles. The highest BCUT2D eigenvalue weighted by molar-refractivity contribution is 9.10. The Balaban J connectivity index is 3.44. The van der Waals surface area contributed by atoms with Gasteiger partial charge in [-0.05, 0) is 28.1 Å². The van der Waals surface area contributed by atoms with E-state index in [1.165, 1.54) is 19.2 Å². The van der Waals surface area contributed by atoms with Gasteiger partial charge in [-0.2, -0.15) is 4.31 Å². The number of hydrogen-bond donors (Lipinski definition) is 1. The first-order chi connectivity index (χ1) is 8.71. The maximum absolute atomic E-state index is 12.2. The molecule has 0 fully saturated rings. The van der Waals surface area contributed by atoms with Crippen LogP contribution in [0, 0.1) is 0 Å². The zero-order chi connectivity index (χ0) is 14.8. The Bertz CT molecular complexity index is 630. The first kappa shape index (κ1) is 16.2. The summed E-state index contributed by atoms with van der Waals surface area (Å²) < 4.78 is 25.6. The third-order valence-corrected chi connectivity index (χ3v) is 5.39. The van der Waals surface area contributed by atoms with Gasteiger partial charge in [0.2, 0.25) is 10.0 Å². The highest BCUT2D eigenvalue weighted by atomic mass is 79.9. The largest absolute Gasteiger partial charge is 0.478 e. The summed E-state index contributed by atoms with van der Waals surface area (Å²) in [5, 5.41) is 8.95. The molecule has 0 saturated carbocycles. The molecule has 19 heavy (non-hydrogen) atoms. The fraction of sp³-hybridized carbons (Fsp3) is 0.182. The van der Waals surface area contributed by atoms with E-state index in [4.69, 9.17) is 16.7 Å². The number of carboxylic acid groups (broad SMARTS) is 1. The van der Waals surface area contributed by atoms with Gasteiger partial charge in [-0.1, -0.05) is 17.7 Å². The number of carboxylic acids is 1. The number of likely N-dealkylation sites (N-methyl/N-ethyl adjacent to an activating group) is 1. The molecule has 1 rings (SSSR count). The van der Waals surface area contributed by atoms with Crippen LogP contribution in [0.3, 0.4) is 0 Å². The molecule has 104 valence electrons. The van der Waals surface area contributed by atoms with Crippen LogP contribution in [0.5, 0.6) is 0 Å². The molecular formula is C11H11BrClNO4S. The quantitative estimate of drug-likeness (QED) is 0.811. The second-order valence-corrected chi connectivity index (χ2v) is 6.92. The van der Waals surface area contributed by atoms with Gasteiger partial charge < -0.3 is 5.11 Å². The Kier molecular flexibility index (Phi) is 5.14. The summed E-state index contributed by atoms with van der Waals surface area (Å²) in [5.74, 6) is -1.30. The van der Waals surface area contributed by atoms with E-state index in [-0.39, 0.29) is 26.5 Å². The number of aromatic carboxylic acids is 1. The average Bonchev–Trinajstić information content (AvgIpc) is 2.32. The molecule has 8 heteroatoms. The standard InChI is InChI=1S/C11H11BrClNO4S/c1-3-4-14(2)19(17,18)7-5-8(11(15)16)10(13)9(12)6-7/h3,5-6H,1,4H2,2H3,(H,15,16). The smallest absolute Gasteiger partial charge is 0.337 e. The number of hydrogen-bond acceptors (Lipinski definition) is 3. The van der Waals surface area contributed by atoms with Crippen molar-refractivity contribution in [3.63, 3.8) is 0 Å². The van der Waals surface area contributed by atoms with Gasteiger partial charge in [0.25, 0.3) is 0 Å². The molecule has 0 bridgehead atoms. The minimum Gasteiger partial charge on any atom is -0.478 e. The Morgan fingerprint density at radius 2 is 2.16 bits per heavy atom. The Hall–Kier alpha value is -0.890. The van der Waals surface area contributed by atoms with Crippen molar-refractivity contribution in [2.75, 3.05) is 13.6 Å². The van der Waals surface area contributed by atoms with Crippen LogP contribution in [0.1, 0.15) is 10.4 Å². The fourth-order valence-corrected chi connectivity index (χ4v) is 3.33. The predicted molar refractivity (Wildman–Crippen MR) is 76.1 cm³/mol. The average molecular weight is 369 g/mol. The molecule has 0 spiro atoms. The second-order valence-electron chi connectivity index (χ2n) is 3.65. The van der Waals surface area contributed by atoms with E-state index < -0.39 is 16.0 Å². The van der Waals surface area contributed by atoms with Gasteiger partial charge >= 0.3 is 5.97 Å². The number of rotatable bonds is 5. The molecule has 0 radical (unpaired) electrons. The van der Waals surface area contributed by atoms with E-state index >= 15 is 0 Å². The van der Waals surface area contributed by atoms with Crippen LogP contribution in [0.25, 0.3) is 0 Å². The maximum Gasteiger partial charge on any atom is 0.337 e. The van der Waals surface area contributed by atoms with E-state index in [1.807, 2.05) is 0 Å². The van der Waals surface area contributed by atoms with E-state index in [2.05, 4.69) is 22.5 Å². The number of halogens is 2. The van der Waals surface area contributed by atoms with E-state index in [0.717, 1.165) is 10.4 Å². The lowest BCUT2D eigenvalue weighted by Gasteiger charge is -2.16. The van der Waals surface area contributed by atoms with Crippen LogP contribution in [-0.4, -0.2) is 37.4 Å². The van der Waals surface area contributed by atoms with E-state index in [9.17, 15) is 13.2 Å². The molecule has 1 aromatic rings. The summed E-state index contributed by atoms with van der Waals surface area (Å²) in [5.41, 5.74) is -0.276. The molecule has 0 saturated heterocycles. The molecule has 0 aliphatic carbocycles. The monoisotopic (exact) mass is 367 g/mol. The van der Waals surface area contributed by atoms with Crippen LogP contribution in [-0.2, 0) is 10.0 Å². The highest BCUT2D eigenvalue weighted by Gasteiger charge is 2.24. The number of benzene rings is 1. The Labute approximate surface area is 124 Å². The number of carbonyl (C=O) groups is 1. The van der Waals surface area contributed by atoms with Gasteiger partial charge in [0.05, 0.1) is 15.5 Å². The molecule has 0 unspecified atom stereocenters. The zero-order valence-corrected chi connectivity index (χ0v) is 13.1. The molecule has 0 atom stereocenters. The third kappa shape index (κ3) is 3.36. The van der Waals surface area contributed by atoms with Gasteiger partial charge in [0.15, 0.2) is 0 Å². The summed E-state index contributed by atoms with van der Waals surface area (Å²) in [7, 11) is -2.41. The number of sulfonamides is 1. The number of nitrogens with zero attached hydrogens (tertiary/aromatic N) is 1. The lowest BCUT2D eigenvalue weighted by atomic mass is 10.2. The van der Waals surface area contributed by atoms with Crippen molar-refractivity contribution < 1.29 is 18.3 Å². The molecule has 0 aliphatic rings. The van der Waals surface area contributed by atoms with Crippen LogP contribution in [0.2, 0.25) is 5.02 Å². The van der Waals surface area contributed by atoms with E-state index in [1.54, 1.807) is 0 Å². The lowest BCUT2D eigenvalue weighted by molar-refractivity contribution is 0.0696. The molecule has 1 N–H and O–H groups in total. The zero-order valence-electron chi connectivity index (χ0n) is 9.93. The third-order valence-electron chi connectivity index (χ3n) is 2.33. The highest BCUT2D eigenvalue weighted by Crippen LogP contribution is 2.30. The molecular weight excluding hydrogens is 358 g/mol. The van der Waals surface area contributed by atoms with Gasteiger partial charge in [-0.3, -0.25) is 0 Å². The van der Waals surface area contributed by atoms with Crippen LogP contribution < -0.4 is 0 Å². The Morgan fingerprint density at radius 3 is 2.63 bits per heavy atom. The fourth-order valence-electron chi connectivity index (χ4n) is 1.33. The van der Waals surface area contributed by atoms with Gasteiger partial charge in [0.1, 0.15) is 0 Å². The normalized spacial score (nSPS) is 11.6. The van der Waals surface area contributed by atoms with Crippen LogP contribution >= 0.6 is 27.5 Å². The SMILES string of the molecule is C=CCN(C)S(=O)(=O)c1cc(Br)c(Cl)c(C(=O)O)c1. The molecule has 0 heterocycles. The summed E-state index contributed by atoms with van der Waals surface area (Å²) >= 11 is 8.85. The van der Waals surface area contributed by atoms with Crippen molar-refractivity contribution >= 4 is 43.5 Å². The molecule has 0 aliphatic heterocycles. The topological polar surface area (TPSA) is 74.7 Å². The van der Waals surface area contributed by atoms with Crippen molar-refractivity contribution in [3.8, 4) is 0 Å². The molecule has 0 amide bonds. The van der Waals surface area contributed by atoms with Crippen molar-refractivity contribution in [3.05, 3.63) is 39.8 Å². The van der Waals surface area contributed by atoms with Crippen LogP contribution in [0.4, 0.5) is 0 Å². The minimum atomic E-state index is -3.79. The maximum atomic E-state index is 12.2. The first-order valence-corrected chi connectivity index (χ1v) is 7.62. The summed E-state index contributed by atoms with van der Waals surface area (Å²) in [6, 6.07) is 2.30. The second kappa shape index (κ2) is 6.04. The van der Waals surface area contributed by atoms with Crippen molar-refractivity contribution in [2.24, 2.45) is 0 Å². The minimum absolute atomic E-state index is 0.0437. The summed E-state index contributed by atoms with van der Waals surface area (Å²) in [6.07, 6.45) is 1.43. The van der Waals surface area contributed by atoms with Crippen molar-refractivity contribution in [2.45, 2.75) is 4.90 Å². The lowest BCUT2D eigenvalue weighted by Crippen LogP contribution is -2.27. The van der Waals surface area contributed by atoms with Gasteiger partial charge in [-0.15, -0.1) is 6.58 Å². The van der Waals surface area contributed by atoms with Crippen molar-refractivity contribution in [1.82, 2.24) is 4.31 Å². The van der Waals surface area contributed by atoms with Gasteiger partial charge in [-0.25, -0.2) is 13.2 Å². The molecule has 0 aromatic heterocycles. The van der Waals surface area contributed by atoms with Crippen LogP contribution in [0.15, 0.2) is 34.2 Å². The van der Waals surface area contributed by atoms with E-state index in [0.29, 0.717) is 0 Å². The predicted octanol–water partition coefficient (Wildman–Crippen LogP) is 2.61.